The van der Waals surface area contributed by atoms with Crippen LogP contribution in [-0.2, 0) is 26.2 Å². The third-order valence-corrected chi connectivity index (χ3v) is 9.70. The van der Waals surface area contributed by atoms with Gasteiger partial charge in [0.05, 0.1) is 10.6 Å². The van der Waals surface area contributed by atoms with E-state index < -0.39 is 28.5 Å². The lowest BCUT2D eigenvalue weighted by Crippen LogP contribution is -2.53. The number of rotatable bonds is 10. The van der Waals surface area contributed by atoms with Crippen LogP contribution in [0.1, 0.15) is 50.2 Å². The Morgan fingerprint density at radius 1 is 0.927 bits per heavy atom. The van der Waals surface area contributed by atoms with Gasteiger partial charge in [-0.25, -0.2) is 8.42 Å². The lowest BCUT2D eigenvalue weighted by molar-refractivity contribution is -0.139. The van der Waals surface area contributed by atoms with Crippen molar-refractivity contribution in [2.24, 2.45) is 0 Å². The van der Waals surface area contributed by atoms with Gasteiger partial charge in [0, 0.05) is 22.6 Å². The van der Waals surface area contributed by atoms with E-state index >= 15 is 0 Å². The third-order valence-electron chi connectivity index (χ3n) is 7.43. The van der Waals surface area contributed by atoms with Gasteiger partial charge >= 0.3 is 0 Å². The first kappa shape index (κ1) is 30.9. The summed E-state index contributed by atoms with van der Waals surface area (Å²) in [6.07, 6.45) is 5.06. The maximum absolute atomic E-state index is 14.1. The highest BCUT2D eigenvalue weighted by atomic mass is 35.5. The molecule has 0 spiro atoms. The van der Waals surface area contributed by atoms with E-state index in [-0.39, 0.29) is 23.4 Å². The highest BCUT2D eigenvalue weighted by molar-refractivity contribution is 7.92. The number of halogens is 2. The standard InChI is InChI=1S/C31H35Cl2N3O4S/c1-22-13-16-26(33)19-29(22)36(41(39,40)28-11-7-4-8-12-28)21-30(37)35(20-24-14-17-25(32)18-15-24)23(2)31(38)34-27-9-5-3-6-10-27/h4,7-8,11-19,23,27H,3,5-6,9-10,20-21H2,1-2H3,(H,34,38). The molecular formula is C31H35Cl2N3O4S. The molecule has 0 radical (unpaired) electrons. The van der Waals surface area contributed by atoms with Crippen molar-refractivity contribution >= 4 is 50.7 Å². The molecule has 1 aliphatic rings. The second-order valence-electron chi connectivity index (χ2n) is 10.4. The number of hydrogen-bond donors (Lipinski definition) is 1. The molecule has 1 atom stereocenters. The fourth-order valence-electron chi connectivity index (χ4n) is 5.02. The number of aryl methyl sites for hydroxylation is 1. The SMILES string of the molecule is Cc1ccc(Cl)cc1N(CC(=O)N(Cc1ccc(Cl)cc1)C(C)C(=O)NC1CCCCC1)S(=O)(=O)c1ccccc1. The number of sulfonamides is 1. The lowest BCUT2D eigenvalue weighted by Gasteiger charge is -2.33. The monoisotopic (exact) mass is 615 g/mol. The summed E-state index contributed by atoms with van der Waals surface area (Å²) in [7, 11) is -4.16. The van der Waals surface area contributed by atoms with Crippen molar-refractivity contribution in [3.8, 4) is 0 Å². The van der Waals surface area contributed by atoms with Crippen molar-refractivity contribution in [1.29, 1.82) is 0 Å². The van der Waals surface area contributed by atoms with Gasteiger partial charge in [0.2, 0.25) is 11.8 Å². The largest absolute Gasteiger partial charge is 0.352 e. The molecule has 0 aliphatic heterocycles. The number of nitrogens with one attached hydrogen (secondary N) is 1. The van der Waals surface area contributed by atoms with Gasteiger partial charge in [-0.15, -0.1) is 0 Å². The number of benzene rings is 3. The molecule has 10 heteroatoms. The summed E-state index contributed by atoms with van der Waals surface area (Å²) in [5, 5.41) is 3.99. The zero-order valence-corrected chi connectivity index (χ0v) is 25.6. The molecule has 218 valence electrons. The number of hydrogen-bond acceptors (Lipinski definition) is 4. The van der Waals surface area contributed by atoms with E-state index in [1.54, 1.807) is 68.4 Å². The van der Waals surface area contributed by atoms with Gasteiger partial charge in [-0.05, 0) is 74.2 Å². The van der Waals surface area contributed by atoms with Gasteiger partial charge < -0.3 is 10.2 Å². The summed E-state index contributed by atoms with van der Waals surface area (Å²) in [5.74, 6) is -0.791. The Morgan fingerprint density at radius 3 is 2.22 bits per heavy atom. The summed E-state index contributed by atoms with van der Waals surface area (Å²) in [5.41, 5.74) is 1.69. The highest BCUT2D eigenvalue weighted by Gasteiger charge is 2.33. The maximum Gasteiger partial charge on any atom is 0.264 e. The predicted octanol–water partition coefficient (Wildman–Crippen LogP) is 6.36. The Kier molecular flexibility index (Phi) is 10.3. The van der Waals surface area contributed by atoms with Crippen LogP contribution in [0.4, 0.5) is 5.69 Å². The molecule has 1 fully saturated rings. The Labute approximate surface area is 252 Å². The van der Waals surface area contributed by atoms with Crippen LogP contribution in [0.15, 0.2) is 77.7 Å². The van der Waals surface area contributed by atoms with Gasteiger partial charge in [0.15, 0.2) is 0 Å². The van der Waals surface area contributed by atoms with Crippen LogP contribution in [-0.4, -0.2) is 43.8 Å². The number of carbonyl (C=O) groups is 2. The minimum atomic E-state index is -4.16. The van der Waals surface area contributed by atoms with E-state index in [4.69, 9.17) is 23.2 Å². The minimum absolute atomic E-state index is 0.0412. The first-order chi connectivity index (χ1) is 19.6. The van der Waals surface area contributed by atoms with Crippen LogP contribution in [0.5, 0.6) is 0 Å². The van der Waals surface area contributed by atoms with Gasteiger partial charge in [0.25, 0.3) is 10.0 Å². The van der Waals surface area contributed by atoms with Crippen LogP contribution in [0, 0.1) is 6.92 Å². The Bertz CT molecular complexity index is 1460. The molecule has 3 aromatic rings. The van der Waals surface area contributed by atoms with Gasteiger partial charge in [-0.3, -0.25) is 13.9 Å². The normalized spacial score (nSPS) is 14.7. The molecule has 4 rings (SSSR count). The smallest absolute Gasteiger partial charge is 0.264 e. The molecule has 0 aromatic heterocycles. The fraction of sp³-hybridized carbons (Fsp3) is 0.355. The van der Waals surface area contributed by atoms with Crippen molar-refractivity contribution in [3.05, 3.63) is 94.0 Å². The first-order valence-electron chi connectivity index (χ1n) is 13.7. The molecule has 0 bridgehead atoms. The van der Waals surface area contributed by atoms with Gasteiger partial charge in [-0.1, -0.05) is 78.9 Å². The second kappa shape index (κ2) is 13.7. The highest BCUT2D eigenvalue weighted by Crippen LogP contribution is 2.30. The molecule has 1 saturated carbocycles. The fourth-order valence-corrected chi connectivity index (χ4v) is 6.81. The molecule has 41 heavy (non-hydrogen) atoms. The molecular weight excluding hydrogens is 581 g/mol. The summed E-state index contributed by atoms with van der Waals surface area (Å²) in [6, 6.07) is 19.1. The minimum Gasteiger partial charge on any atom is -0.352 e. The molecule has 3 aromatic carbocycles. The van der Waals surface area contributed by atoms with E-state index in [0.717, 1.165) is 42.0 Å². The van der Waals surface area contributed by atoms with Gasteiger partial charge in [-0.2, -0.15) is 0 Å². The molecule has 7 nitrogen and oxygen atoms in total. The zero-order chi connectivity index (χ0) is 29.6. The zero-order valence-electron chi connectivity index (χ0n) is 23.2. The lowest BCUT2D eigenvalue weighted by atomic mass is 9.95. The predicted molar refractivity (Wildman–Crippen MR) is 164 cm³/mol. The van der Waals surface area contributed by atoms with E-state index in [0.29, 0.717) is 21.3 Å². The summed E-state index contributed by atoms with van der Waals surface area (Å²) < 4.78 is 28.9. The van der Waals surface area contributed by atoms with Crippen LogP contribution in [0.2, 0.25) is 10.0 Å². The number of nitrogens with zero attached hydrogens (tertiary/aromatic N) is 2. The van der Waals surface area contributed by atoms with Crippen molar-refractivity contribution < 1.29 is 18.0 Å². The van der Waals surface area contributed by atoms with Crippen molar-refractivity contribution in [2.45, 2.75) is 69.5 Å². The molecule has 1 unspecified atom stereocenters. The summed E-state index contributed by atoms with van der Waals surface area (Å²) >= 11 is 12.4. The molecule has 1 N–H and O–H groups in total. The van der Waals surface area contributed by atoms with Crippen LogP contribution in [0.3, 0.4) is 0 Å². The quantitative estimate of drug-likeness (QED) is 0.287. The second-order valence-corrected chi connectivity index (χ2v) is 13.2. The number of anilines is 1. The Hall–Kier alpha value is -3.07. The average Bonchev–Trinajstić information content (AvgIpc) is 2.97. The average molecular weight is 617 g/mol. The van der Waals surface area contributed by atoms with Crippen molar-refractivity contribution in [2.75, 3.05) is 10.8 Å². The third kappa shape index (κ3) is 7.82. The molecule has 0 heterocycles. The summed E-state index contributed by atoms with van der Waals surface area (Å²) in [6.45, 7) is 3.01. The van der Waals surface area contributed by atoms with Crippen LogP contribution < -0.4 is 9.62 Å². The maximum atomic E-state index is 14.1. The summed E-state index contributed by atoms with van der Waals surface area (Å²) in [4.78, 5) is 29.0. The Balaban J connectivity index is 1.69. The van der Waals surface area contributed by atoms with E-state index in [1.807, 2.05) is 0 Å². The van der Waals surface area contributed by atoms with Crippen LogP contribution in [0.25, 0.3) is 0 Å². The van der Waals surface area contributed by atoms with Crippen LogP contribution >= 0.6 is 23.2 Å². The molecule has 1 aliphatic carbocycles. The van der Waals surface area contributed by atoms with E-state index in [1.165, 1.54) is 23.1 Å². The number of amides is 2. The topological polar surface area (TPSA) is 86.8 Å². The first-order valence-corrected chi connectivity index (χ1v) is 15.9. The van der Waals surface area contributed by atoms with Gasteiger partial charge in [0.1, 0.15) is 12.6 Å². The van der Waals surface area contributed by atoms with E-state index in [2.05, 4.69) is 5.32 Å². The van der Waals surface area contributed by atoms with Crippen molar-refractivity contribution in [1.82, 2.24) is 10.2 Å². The molecule has 0 saturated heterocycles. The Morgan fingerprint density at radius 2 is 1.56 bits per heavy atom. The van der Waals surface area contributed by atoms with Crippen molar-refractivity contribution in [3.63, 3.8) is 0 Å². The molecule has 2 amide bonds. The van der Waals surface area contributed by atoms with E-state index in [9.17, 15) is 18.0 Å². The number of carbonyl (C=O) groups excluding carboxylic acids is 2.